The molecule has 0 amide bonds. The molecule has 0 saturated heterocycles. The zero-order valence-corrected chi connectivity index (χ0v) is 9.17. The monoisotopic (exact) mass is 190 g/mol. The fourth-order valence-electron chi connectivity index (χ4n) is 1.02. The van der Waals surface area contributed by atoms with E-state index in [-0.39, 0.29) is 6.10 Å². The van der Waals surface area contributed by atoms with Gasteiger partial charge in [0.25, 0.3) is 0 Å². The van der Waals surface area contributed by atoms with Crippen LogP contribution >= 0.6 is 0 Å². The van der Waals surface area contributed by atoms with Crippen LogP contribution in [0, 0.1) is 0 Å². The molecule has 0 aliphatic carbocycles. The lowest BCUT2D eigenvalue weighted by Crippen LogP contribution is -2.31. The third kappa shape index (κ3) is 9.80. The van der Waals surface area contributed by atoms with Crippen molar-refractivity contribution in [3.63, 3.8) is 0 Å². The van der Waals surface area contributed by atoms with E-state index in [0.717, 1.165) is 19.4 Å². The fraction of sp³-hybridized carbons (Fsp3) is 1.00. The second-order valence-electron chi connectivity index (χ2n) is 3.80. The van der Waals surface area contributed by atoms with Gasteiger partial charge in [-0.15, -0.1) is 0 Å². The van der Waals surface area contributed by atoms with Gasteiger partial charge in [0.2, 0.25) is 0 Å². The first-order valence-electron chi connectivity index (χ1n) is 4.93. The SMILES string of the molecule is CCCCOCC(C)OC(C)(C)O. The van der Waals surface area contributed by atoms with E-state index in [0.29, 0.717) is 6.61 Å². The van der Waals surface area contributed by atoms with Gasteiger partial charge in [0.05, 0.1) is 12.7 Å². The lowest BCUT2D eigenvalue weighted by molar-refractivity contribution is -0.211. The molecule has 1 unspecified atom stereocenters. The van der Waals surface area contributed by atoms with Crippen molar-refractivity contribution in [3.8, 4) is 0 Å². The fourth-order valence-corrected chi connectivity index (χ4v) is 1.02. The summed E-state index contributed by atoms with van der Waals surface area (Å²) in [6, 6.07) is 0. The van der Waals surface area contributed by atoms with Crippen molar-refractivity contribution in [2.24, 2.45) is 0 Å². The minimum absolute atomic E-state index is 0.0585. The zero-order valence-electron chi connectivity index (χ0n) is 9.17. The van der Waals surface area contributed by atoms with E-state index in [9.17, 15) is 5.11 Å². The van der Waals surface area contributed by atoms with Crippen LogP contribution < -0.4 is 0 Å². The van der Waals surface area contributed by atoms with Crippen molar-refractivity contribution in [1.82, 2.24) is 0 Å². The van der Waals surface area contributed by atoms with Gasteiger partial charge in [0, 0.05) is 6.61 Å². The van der Waals surface area contributed by atoms with E-state index in [1.165, 1.54) is 0 Å². The standard InChI is InChI=1S/C10H22O3/c1-5-6-7-12-8-9(2)13-10(3,4)11/h9,11H,5-8H2,1-4H3. The summed E-state index contributed by atoms with van der Waals surface area (Å²) in [5.41, 5.74) is 0. The van der Waals surface area contributed by atoms with Gasteiger partial charge in [0.15, 0.2) is 5.79 Å². The average molecular weight is 190 g/mol. The summed E-state index contributed by atoms with van der Waals surface area (Å²) in [6.45, 7) is 8.58. The molecule has 0 fully saturated rings. The highest BCUT2D eigenvalue weighted by Gasteiger charge is 2.16. The Hall–Kier alpha value is -0.120. The van der Waals surface area contributed by atoms with E-state index in [2.05, 4.69) is 6.92 Å². The summed E-state index contributed by atoms with van der Waals surface area (Å²) in [6.07, 6.45) is 2.16. The number of hydrogen-bond donors (Lipinski definition) is 1. The predicted molar refractivity (Wildman–Crippen MR) is 52.6 cm³/mol. The van der Waals surface area contributed by atoms with Crippen LogP contribution in [0.1, 0.15) is 40.5 Å². The third-order valence-corrected chi connectivity index (χ3v) is 1.48. The summed E-state index contributed by atoms with van der Waals surface area (Å²) >= 11 is 0. The van der Waals surface area contributed by atoms with Gasteiger partial charge < -0.3 is 14.6 Å². The Morgan fingerprint density at radius 2 is 2.00 bits per heavy atom. The summed E-state index contributed by atoms with van der Waals surface area (Å²) in [5.74, 6) is -1.06. The Labute approximate surface area is 81.0 Å². The van der Waals surface area contributed by atoms with Crippen molar-refractivity contribution < 1.29 is 14.6 Å². The van der Waals surface area contributed by atoms with Crippen LogP contribution in [0.2, 0.25) is 0 Å². The molecule has 0 spiro atoms. The molecule has 0 radical (unpaired) electrons. The Kier molecular flexibility index (Phi) is 6.29. The highest BCUT2D eigenvalue weighted by Crippen LogP contribution is 2.07. The molecule has 80 valence electrons. The molecule has 0 rings (SSSR count). The Morgan fingerprint density at radius 3 is 2.46 bits per heavy atom. The first kappa shape index (κ1) is 12.9. The first-order chi connectivity index (χ1) is 5.95. The average Bonchev–Trinajstić information content (AvgIpc) is 1.94. The number of ether oxygens (including phenoxy) is 2. The molecule has 0 bridgehead atoms. The van der Waals surface area contributed by atoms with Crippen LogP contribution in [0.5, 0.6) is 0 Å². The molecule has 3 heteroatoms. The summed E-state index contributed by atoms with van der Waals surface area (Å²) in [7, 11) is 0. The van der Waals surface area contributed by atoms with Crippen LogP contribution in [-0.2, 0) is 9.47 Å². The minimum atomic E-state index is -1.06. The van der Waals surface area contributed by atoms with Crippen molar-refractivity contribution in [3.05, 3.63) is 0 Å². The van der Waals surface area contributed by atoms with Crippen LogP contribution in [0.25, 0.3) is 0 Å². The minimum Gasteiger partial charge on any atom is -0.379 e. The number of aliphatic hydroxyl groups is 1. The molecule has 3 nitrogen and oxygen atoms in total. The number of hydrogen-bond acceptors (Lipinski definition) is 3. The van der Waals surface area contributed by atoms with Crippen LogP contribution in [0.4, 0.5) is 0 Å². The Balaban J connectivity index is 3.35. The van der Waals surface area contributed by atoms with E-state index in [4.69, 9.17) is 9.47 Å². The topological polar surface area (TPSA) is 38.7 Å². The van der Waals surface area contributed by atoms with E-state index < -0.39 is 5.79 Å². The maximum Gasteiger partial charge on any atom is 0.160 e. The Bertz CT molecular complexity index is 118. The van der Waals surface area contributed by atoms with E-state index in [1.807, 2.05) is 6.92 Å². The molecule has 1 atom stereocenters. The van der Waals surface area contributed by atoms with Gasteiger partial charge in [-0.2, -0.15) is 0 Å². The quantitative estimate of drug-likeness (QED) is 0.492. The van der Waals surface area contributed by atoms with Crippen molar-refractivity contribution in [2.75, 3.05) is 13.2 Å². The molecule has 0 aromatic carbocycles. The third-order valence-electron chi connectivity index (χ3n) is 1.48. The molecule has 1 N–H and O–H groups in total. The summed E-state index contributed by atoms with van der Waals surface area (Å²) in [4.78, 5) is 0. The second-order valence-corrected chi connectivity index (χ2v) is 3.80. The summed E-state index contributed by atoms with van der Waals surface area (Å²) < 4.78 is 10.6. The van der Waals surface area contributed by atoms with Gasteiger partial charge >= 0.3 is 0 Å². The molecule has 0 saturated carbocycles. The second kappa shape index (κ2) is 6.35. The summed E-state index contributed by atoms with van der Waals surface area (Å²) in [5, 5.41) is 9.31. The van der Waals surface area contributed by atoms with Crippen LogP contribution in [0.15, 0.2) is 0 Å². The van der Waals surface area contributed by atoms with Crippen molar-refractivity contribution >= 4 is 0 Å². The van der Waals surface area contributed by atoms with Gasteiger partial charge in [0.1, 0.15) is 0 Å². The smallest absolute Gasteiger partial charge is 0.160 e. The van der Waals surface area contributed by atoms with E-state index >= 15 is 0 Å². The number of rotatable bonds is 7. The maximum absolute atomic E-state index is 9.31. The normalized spacial score (nSPS) is 14.5. The zero-order chi connectivity index (χ0) is 10.3. The highest BCUT2D eigenvalue weighted by atomic mass is 16.6. The van der Waals surface area contributed by atoms with Gasteiger partial charge in [-0.05, 0) is 27.2 Å². The van der Waals surface area contributed by atoms with Gasteiger partial charge in [-0.25, -0.2) is 0 Å². The molecule has 0 aromatic rings. The van der Waals surface area contributed by atoms with Crippen LogP contribution in [-0.4, -0.2) is 30.2 Å². The predicted octanol–water partition coefficient (Wildman–Crippen LogP) is 1.94. The highest BCUT2D eigenvalue weighted by molar-refractivity contribution is 4.55. The lowest BCUT2D eigenvalue weighted by Gasteiger charge is -2.23. The molecule has 0 heterocycles. The van der Waals surface area contributed by atoms with Gasteiger partial charge in [-0.3, -0.25) is 0 Å². The molecular weight excluding hydrogens is 168 g/mol. The molecule has 0 aromatic heterocycles. The largest absolute Gasteiger partial charge is 0.379 e. The van der Waals surface area contributed by atoms with Crippen molar-refractivity contribution in [2.45, 2.75) is 52.4 Å². The molecular formula is C10H22O3. The van der Waals surface area contributed by atoms with Crippen molar-refractivity contribution in [1.29, 1.82) is 0 Å². The van der Waals surface area contributed by atoms with Gasteiger partial charge in [-0.1, -0.05) is 13.3 Å². The molecule has 13 heavy (non-hydrogen) atoms. The van der Waals surface area contributed by atoms with E-state index in [1.54, 1.807) is 13.8 Å². The molecule has 0 aliphatic heterocycles. The first-order valence-corrected chi connectivity index (χ1v) is 4.93. The molecule has 0 aliphatic rings. The Morgan fingerprint density at radius 1 is 1.38 bits per heavy atom. The number of unbranched alkanes of at least 4 members (excludes halogenated alkanes) is 1. The maximum atomic E-state index is 9.31. The lowest BCUT2D eigenvalue weighted by atomic mass is 10.3. The van der Waals surface area contributed by atoms with Crippen LogP contribution in [0.3, 0.4) is 0 Å².